The van der Waals surface area contributed by atoms with E-state index in [9.17, 15) is 9.59 Å². The molecule has 4 aromatic rings. The first kappa shape index (κ1) is 20.8. The lowest BCUT2D eigenvalue weighted by Crippen LogP contribution is -2.41. The number of nitrogens with zero attached hydrogens (tertiary/aromatic N) is 7. The van der Waals surface area contributed by atoms with Crippen LogP contribution in [0, 0.1) is 11.3 Å². The average Bonchev–Trinajstić information content (AvgIpc) is 2.84. The minimum Gasteiger partial charge on any atom is -0.366 e. The van der Waals surface area contributed by atoms with Gasteiger partial charge >= 0.3 is 5.69 Å². The summed E-state index contributed by atoms with van der Waals surface area (Å²) in [7, 11) is 0. The molecule has 0 spiro atoms. The molecule has 0 aromatic carbocycles. The Morgan fingerprint density at radius 1 is 1.15 bits per heavy atom. The number of aromatic nitrogens is 6. The van der Waals surface area contributed by atoms with Crippen LogP contribution in [0.15, 0.2) is 40.3 Å². The van der Waals surface area contributed by atoms with Crippen molar-refractivity contribution in [1.29, 1.82) is 5.26 Å². The first-order valence-corrected chi connectivity index (χ1v) is 10.8. The van der Waals surface area contributed by atoms with Gasteiger partial charge in [0.05, 0.1) is 27.1 Å². The fourth-order valence-electron chi connectivity index (χ4n) is 4.26. The average molecular weight is 459 g/mol. The molecule has 10 nitrogen and oxygen atoms in total. The molecule has 0 aliphatic carbocycles. The highest BCUT2D eigenvalue weighted by atomic mass is 32.1. The Hall–Kier alpha value is -4.04. The van der Waals surface area contributed by atoms with Crippen molar-refractivity contribution in [3.63, 3.8) is 0 Å². The number of hydrogen-bond acceptors (Lipinski definition) is 8. The number of nitrogens with one attached hydrogen (secondary N) is 1. The molecule has 0 atom stereocenters. The summed E-state index contributed by atoms with van der Waals surface area (Å²) in [5.41, 5.74) is 1.66. The summed E-state index contributed by atoms with van der Waals surface area (Å²) in [5.74, 6) is 0.0601. The maximum absolute atomic E-state index is 13.0. The first-order valence-electron chi connectivity index (χ1n) is 10.4. The van der Waals surface area contributed by atoms with Gasteiger partial charge in [-0.25, -0.2) is 19.7 Å². The molecular weight excluding hydrogens is 440 g/mol. The van der Waals surface area contributed by atoms with Gasteiger partial charge in [-0.2, -0.15) is 5.26 Å². The number of fused-ring (bicyclic) bond motifs is 3. The number of thiocarbonyl (C=S) groups is 1. The summed E-state index contributed by atoms with van der Waals surface area (Å²) >= 11 is 5.29. The topological polar surface area (TPSA) is 133 Å². The number of H-pyrrole nitrogens is 1. The summed E-state index contributed by atoms with van der Waals surface area (Å²) in [6.07, 6.45) is 5.93. The van der Waals surface area contributed by atoms with Gasteiger partial charge in [-0.15, -0.1) is 0 Å². The lowest BCUT2D eigenvalue weighted by molar-refractivity contribution is 0.268. The third-order valence-corrected chi connectivity index (χ3v) is 6.19. The van der Waals surface area contributed by atoms with Gasteiger partial charge in [-0.05, 0) is 31.9 Å². The normalized spacial score (nSPS) is 14.5. The predicted octanol–water partition coefficient (Wildman–Crippen LogP) is 1.95. The molecule has 164 valence electrons. The quantitative estimate of drug-likeness (QED) is 0.353. The third-order valence-electron chi connectivity index (χ3n) is 5.93. The van der Waals surface area contributed by atoms with Gasteiger partial charge in [0.2, 0.25) is 5.82 Å². The zero-order valence-electron chi connectivity index (χ0n) is 17.6. The highest BCUT2D eigenvalue weighted by Crippen LogP contribution is 2.28. The fraction of sp³-hybridized carbons (Fsp3) is 0.273. The lowest BCUT2D eigenvalue weighted by Gasteiger charge is -2.34. The highest BCUT2D eigenvalue weighted by Gasteiger charge is 2.25. The molecule has 1 aliphatic heterocycles. The Balaban J connectivity index is 1.72. The van der Waals surface area contributed by atoms with E-state index < -0.39 is 11.2 Å². The first-order chi connectivity index (χ1) is 16.0. The van der Waals surface area contributed by atoms with Gasteiger partial charge in [-0.1, -0.05) is 12.2 Å². The van der Waals surface area contributed by atoms with Crippen LogP contribution in [0.2, 0.25) is 0 Å². The largest absolute Gasteiger partial charge is 0.366 e. The number of hydrogen-bond donors (Lipinski definition) is 1. The Labute approximate surface area is 192 Å². The van der Waals surface area contributed by atoms with Gasteiger partial charge in [-0.3, -0.25) is 19.3 Å². The Morgan fingerprint density at radius 2 is 1.88 bits per heavy atom. The minimum absolute atomic E-state index is 0.0601. The van der Waals surface area contributed by atoms with Crippen LogP contribution >= 0.6 is 12.2 Å². The molecule has 11 heteroatoms. The van der Waals surface area contributed by atoms with E-state index in [0.717, 1.165) is 18.1 Å². The molecule has 0 amide bonds. The van der Waals surface area contributed by atoms with Crippen LogP contribution in [0.1, 0.15) is 31.6 Å². The van der Waals surface area contributed by atoms with Gasteiger partial charge in [0.1, 0.15) is 11.6 Å². The maximum atomic E-state index is 13.0. The number of pyridine rings is 2. The number of aromatic amines is 1. The summed E-state index contributed by atoms with van der Waals surface area (Å²) in [4.78, 5) is 48.2. The highest BCUT2D eigenvalue weighted by molar-refractivity contribution is 7.80. The van der Waals surface area contributed by atoms with Gasteiger partial charge < -0.3 is 4.90 Å². The third kappa shape index (κ3) is 3.64. The molecule has 5 rings (SSSR count). The number of likely N-dealkylation sites (tertiary alicyclic amines) is 1. The Morgan fingerprint density at radius 3 is 2.55 bits per heavy atom. The smallest absolute Gasteiger partial charge is 0.329 e. The van der Waals surface area contributed by atoms with Gasteiger partial charge in [0.25, 0.3) is 5.56 Å². The number of piperidine rings is 1. The van der Waals surface area contributed by atoms with E-state index in [-0.39, 0.29) is 11.9 Å². The Bertz CT molecular complexity index is 1560. The fourth-order valence-corrected chi connectivity index (χ4v) is 4.44. The standard InChI is InChI=1S/C22H18N8O2S/c1-12(33)29-6-4-14(5-7-29)30-20-15(21(31)28-22(30)32)11-24-17-3-2-16(27-19(17)20)13-9-25-18(8-23)26-10-13/h2-3,9-11,14H,4-7H2,1H3,(H,28,31,32). The minimum atomic E-state index is -0.498. The van der Waals surface area contributed by atoms with Crippen molar-refractivity contribution in [3.8, 4) is 17.3 Å². The molecule has 4 aromatic heterocycles. The molecule has 1 aliphatic rings. The van der Waals surface area contributed by atoms with E-state index in [1.54, 1.807) is 16.7 Å². The molecule has 0 saturated carbocycles. The molecule has 5 heterocycles. The van der Waals surface area contributed by atoms with Crippen molar-refractivity contribution in [2.75, 3.05) is 13.1 Å². The molecule has 1 saturated heterocycles. The molecule has 1 N–H and O–H groups in total. The van der Waals surface area contributed by atoms with E-state index in [1.165, 1.54) is 18.6 Å². The summed E-state index contributed by atoms with van der Waals surface area (Å²) in [6, 6.07) is 5.32. The molecule has 1 fully saturated rings. The van der Waals surface area contributed by atoms with Crippen LogP contribution in [0.4, 0.5) is 0 Å². The van der Waals surface area contributed by atoms with Crippen molar-refractivity contribution in [1.82, 2.24) is 34.4 Å². The van der Waals surface area contributed by atoms with Crippen LogP contribution in [-0.2, 0) is 0 Å². The summed E-state index contributed by atoms with van der Waals surface area (Å²) in [5, 5.41) is 9.24. The lowest BCUT2D eigenvalue weighted by atomic mass is 10.0. The zero-order chi connectivity index (χ0) is 23.1. The van der Waals surface area contributed by atoms with Gasteiger partial charge in [0, 0.05) is 43.3 Å². The molecule has 33 heavy (non-hydrogen) atoms. The van der Waals surface area contributed by atoms with Crippen molar-refractivity contribution < 1.29 is 0 Å². The van der Waals surface area contributed by atoms with Crippen LogP contribution in [0.5, 0.6) is 0 Å². The molecule has 0 unspecified atom stereocenters. The predicted molar refractivity (Wildman–Crippen MR) is 126 cm³/mol. The number of rotatable bonds is 2. The van der Waals surface area contributed by atoms with E-state index in [0.29, 0.717) is 46.0 Å². The van der Waals surface area contributed by atoms with E-state index >= 15 is 0 Å². The van der Waals surface area contributed by atoms with Crippen molar-refractivity contribution in [2.24, 2.45) is 0 Å². The van der Waals surface area contributed by atoms with Crippen molar-refractivity contribution >= 4 is 39.1 Å². The van der Waals surface area contributed by atoms with Crippen LogP contribution in [0.3, 0.4) is 0 Å². The number of nitriles is 1. The van der Waals surface area contributed by atoms with Crippen molar-refractivity contribution in [2.45, 2.75) is 25.8 Å². The van der Waals surface area contributed by atoms with Crippen molar-refractivity contribution in [3.05, 3.63) is 57.4 Å². The van der Waals surface area contributed by atoms with E-state index in [4.69, 9.17) is 22.5 Å². The van der Waals surface area contributed by atoms with E-state index in [2.05, 4.69) is 24.8 Å². The Kier molecular flexibility index (Phi) is 5.14. The monoisotopic (exact) mass is 458 g/mol. The maximum Gasteiger partial charge on any atom is 0.329 e. The second kappa shape index (κ2) is 8.14. The van der Waals surface area contributed by atoms with Gasteiger partial charge in [0.15, 0.2) is 0 Å². The zero-order valence-corrected chi connectivity index (χ0v) is 18.5. The summed E-state index contributed by atoms with van der Waals surface area (Å²) < 4.78 is 1.64. The van der Waals surface area contributed by atoms with E-state index in [1.807, 2.05) is 13.0 Å². The summed E-state index contributed by atoms with van der Waals surface area (Å²) in [6.45, 7) is 3.36. The second-order valence-electron chi connectivity index (χ2n) is 7.86. The molecule has 0 radical (unpaired) electrons. The molecule has 0 bridgehead atoms. The van der Waals surface area contributed by atoms with Crippen LogP contribution < -0.4 is 11.2 Å². The van der Waals surface area contributed by atoms with Crippen LogP contribution in [-0.4, -0.2) is 52.5 Å². The van der Waals surface area contributed by atoms with Crippen LogP contribution in [0.25, 0.3) is 33.2 Å². The molecular formula is C22H18N8O2S. The SMILES string of the molecule is CC(=S)N1CCC(n2c(=O)[nH]c(=O)c3cnc4ccc(-c5cnc(C#N)nc5)nc4c32)CC1. The second-order valence-corrected chi connectivity index (χ2v) is 8.45.